The van der Waals surface area contributed by atoms with Crippen LogP contribution in [0.2, 0.25) is 0 Å². The highest BCUT2D eigenvalue weighted by molar-refractivity contribution is 7.90. The lowest BCUT2D eigenvalue weighted by atomic mass is 9.86. The molecule has 0 spiro atoms. The van der Waals surface area contributed by atoms with Crippen LogP contribution in [0.5, 0.6) is 0 Å². The molecule has 2 aromatic rings. The fourth-order valence-electron chi connectivity index (χ4n) is 3.79. The molecule has 1 saturated heterocycles. The number of amides is 1. The zero-order valence-electron chi connectivity index (χ0n) is 14.0. The first-order valence-corrected chi connectivity index (χ1v) is 10.3. The maximum atomic E-state index is 12.5. The third-order valence-corrected chi connectivity index (χ3v) is 6.27. The lowest BCUT2D eigenvalue weighted by Gasteiger charge is -2.17. The van der Waals surface area contributed by atoms with Crippen molar-refractivity contribution < 1.29 is 13.2 Å². The molecular formula is C19H20N2O3S. The Labute approximate surface area is 147 Å². The minimum atomic E-state index is -3.27. The molecule has 0 aliphatic carbocycles. The van der Waals surface area contributed by atoms with Gasteiger partial charge >= 0.3 is 0 Å². The second-order valence-electron chi connectivity index (χ2n) is 6.84. The number of hydrogen-bond acceptors (Lipinski definition) is 4. The lowest BCUT2D eigenvalue weighted by molar-refractivity contribution is 0.0952. The van der Waals surface area contributed by atoms with Gasteiger partial charge in [0.15, 0.2) is 9.84 Å². The van der Waals surface area contributed by atoms with Crippen molar-refractivity contribution in [3.8, 4) is 11.1 Å². The Morgan fingerprint density at radius 3 is 2.60 bits per heavy atom. The van der Waals surface area contributed by atoms with Gasteiger partial charge in [0.05, 0.1) is 4.90 Å². The van der Waals surface area contributed by atoms with Crippen LogP contribution in [0.4, 0.5) is 0 Å². The minimum Gasteiger partial charge on any atom is -0.352 e. The summed E-state index contributed by atoms with van der Waals surface area (Å²) in [5.74, 6) is 0.709. The molecule has 130 valence electrons. The average Bonchev–Trinajstić information content (AvgIpc) is 3.02. The van der Waals surface area contributed by atoms with Crippen LogP contribution in [0.1, 0.15) is 21.8 Å². The fraction of sp³-hybridized carbons (Fsp3) is 0.316. The molecule has 2 aliphatic rings. The van der Waals surface area contributed by atoms with E-state index in [0.717, 1.165) is 29.8 Å². The van der Waals surface area contributed by atoms with Gasteiger partial charge in [0.2, 0.25) is 0 Å². The van der Waals surface area contributed by atoms with Gasteiger partial charge < -0.3 is 10.6 Å². The van der Waals surface area contributed by atoms with Crippen LogP contribution < -0.4 is 10.6 Å². The molecule has 5 nitrogen and oxygen atoms in total. The van der Waals surface area contributed by atoms with E-state index in [9.17, 15) is 13.2 Å². The first-order valence-electron chi connectivity index (χ1n) is 8.37. The molecule has 2 N–H and O–H groups in total. The van der Waals surface area contributed by atoms with Gasteiger partial charge in [-0.15, -0.1) is 0 Å². The predicted octanol–water partition coefficient (Wildman–Crippen LogP) is 1.80. The smallest absolute Gasteiger partial charge is 0.251 e. The van der Waals surface area contributed by atoms with Crippen LogP contribution in [0.15, 0.2) is 47.4 Å². The number of nitrogens with one attached hydrogen (secondary N) is 2. The molecule has 0 radical (unpaired) electrons. The summed E-state index contributed by atoms with van der Waals surface area (Å²) in [5.41, 5.74) is 3.42. The van der Waals surface area contributed by atoms with E-state index < -0.39 is 9.84 Å². The largest absolute Gasteiger partial charge is 0.352 e. The van der Waals surface area contributed by atoms with Gasteiger partial charge in [-0.3, -0.25) is 4.79 Å². The molecule has 2 aromatic carbocycles. The Morgan fingerprint density at radius 1 is 1.00 bits per heavy atom. The van der Waals surface area contributed by atoms with Crippen LogP contribution in [0.3, 0.4) is 0 Å². The van der Waals surface area contributed by atoms with E-state index in [1.165, 1.54) is 6.26 Å². The average molecular weight is 356 g/mol. The molecule has 1 fully saturated rings. The number of benzene rings is 2. The Kier molecular flexibility index (Phi) is 3.89. The van der Waals surface area contributed by atoms with Gasteiger partial charge in [-0.1, -0.05) is 24.3 Å². The van der Waals surface area contributed by atoms with Crippen molar-refractivity contribution in [2.75, 3.05) is 25.9 Å². The van der Waals surface area contributed by atoms with Gasteiger partial charge in [0, 0.05) is 37.4 Å². The highest BCUT2D eigenvalue weighted by Gasteiger charge is 2.34. The maximum Gasteiger partial charge on any atom is 0.251 e. The van der Waals surface area contributed by atoms with Gasteiger partial charge in [-0.2, -0.15) is 0 Å². The summed E-state index contributed by atoms with van der Waals surface area (Å²) in [6, 6.07) is 12.7. The first kappa shape index (κ1) is 16.3. The third-order valence-electron chi connectivity index (χ3n) is 5.16. The highest BCUT2D eigenvalue weighted by atomic mass is 32.2. The molecular weight excluding hydrogens is 336 g/mol. The predicted molar refractivity (Wildman–Crippen MR) is 96.4 cm³/mol. The Hall–Kier alpha value is -2.18. The molecule has 4 rings (SSSR count). The maximum absolute atomic E-state index is 12.5. The van der Waals surface area contributed by atoms with E-state index in [1.54, 1.807) is 18.2 Å². The quantitative estimate of drug-likeness (QED) is 0.860. The summed E-state index contributed by atoms with van der Waals surface area (Å²) in [5, 5.41) is 6.41. The molecule has 2 heterocycles. The van der Waals surface area contributed by atoms with Crippen LogP contribution in [0.25, 0.3) is 11.1 Å². The highest BCUT2D eigenvalue weighted by Crippen LogP contribution is 2.35. The van der Waals surface area contributed by atoms with Gasteiger partial charge in [-0.25, -0.2) is 8.42 Å². The van der Waals surface area contributed by atoms with E-state index in [2.05, 4.69) is 10.6 Å². The second kappa shape index (κ2) is 5.97. The summed E-state index contributed by atoms with van der Waals surface area (Å²) in [6.07, 6.45) is 1.20. The Morgan fingerprint density at radius 2 is 1.80 bits per heavy atom. The zero-order valence-corrected chi connectivity index (χ0v) is 14.8. The Bertz CT molecular complexity index is 953. The molecule has 25 heavy (non-hydrogen) atoms. The normalized spacial score (nSPS) is 22.7. The van der Waals surface area contributed by atoms with Crippen LogP contribution >= 0.6 is 0 Å². The zero-order chi connectivity index (χ0) is 17.6. The number of sulfone groups is 1. The van der Waals surface area contributed by atoms with E-state index in [4.69, 9.17) is 0 Å². The molecule has 2 aliphatic heterocycles. The molecule has 0 saturated carbocycles. The molecule has 6 heteroatoms. The summed E-state index contributed by atoms with van der Waals surface area (Å²) in [4.78, 5) is 12.8. The fourth-order valence-corrected chi connectivity index (χ4v) is 4.46. The van der Waals surface area contributed by atoms with Crippen molar-refractivity contribution in [2.24, 2.45) is 5.92 Å². The first-order chi connectivity index (χ1) is 11.9. The van der Waals surface area contributed by atoms with Crippen molar-refractivity contribution in [2.45, 2.75) is 10.8 Å². The minimum absolute atomic E-state index is 0.0504. The molecule has 0 unspecified atom stereocenters. The van der Waals surface area contributed by atoms with Gasteiger partial charge in [0.25, 0.3) is 5.91 Å². The van der Waals surface area contributed by atoms with Crippen LogP contribution in [-0.4, -0.2) is 40.2 Å². The molecule has 0 aromatic heterocycles. The number of rotatable bonds is 2. The van der Waals surface area contributed by atoms with Crippen molar-refractivity contribution in [3.05, 3.63) is 53.6 Å². The standard InChI is InChI=1S/C19H20N2O3S/c1-25(23,24)15-4-2-3-12(7-15)13-5-6-16-17(8-13)19(22)21-10-14-9-20-11-18(14)16/h2-8,14,18,20H,9-11H2,1H3,(H,21,22)/t14-,18+/m1/s1. The van der Waals surface area contributed by atoms with E-state index >= 15 is 0 Å². The molecule has 1 amide bonds. The SMILES string of the molecule is CS(=O)(=O)c1cccc(-c2ccc3c(c2)C(=O)NC[C@H]2CNC[C@H]32)c1. The van der Waals surface area contributed by atoms with E-state index in [1.807, 2.05) is 24.3 Å². The molecule has 0 bridgehead atoms. The van der Waals surface area contributed by atoms with Crippen molar-refractivity contribution >= 4 is 15.7 Å². The number of carbonyl (C=O) groups excluding carboxylic acids is 1. The van der Waals surface area contributed by atoms with Crippen molar-refractivity contribution in [3.63, 3.8) is 0 Å². The third kappa shape index (κ3) is 2.96. The summed E-state index contributed by atoms with van der Waals surface area (Å²) in [7, 11) is -3.27. The van der Waals surface area contributed by atoms with Crippen LogP contribution in [0, 0.1) is 5.92 Å². The van der Waals surface area contributed by atoms with Crippen LogP contribution in [-0.2, 0) is 9.84 Å². The summed E-state index contributed by atoms with van der Waals surface area (Å²) in [6.45, 7) is 2.49. The van der Waals surface area contributed by atoms with Gasteiger partial charge in [0.1, 0.15) is 0 Å². The number of hydrogen-bond donors (Lipinski definition) is 2. The Balaban J connectivity index is 1.80. The van der Waals surface area contributed by atoms with E-state index in [0.29, 0.717) is 23.9 Å². The van der Waals surface area contributed by atoms with Crippen molar-refractivity contribution in [1.82, 2.24) is 10.6 Å². The second-order valence-corrected chi connectivity index (χ2v) is 8.85. The topological polar surface area (TPSA) is 75.3 Å². The summed E-state index contributed by atoms with van der Waals surface area (Å²) >= 11 is 0. The number of carbonyl (C=O) groups is 1. The lowest BCUT2D eigenvalue weighted by Crippen LogP contribution is -2.28. The van der Waals surface area contributed by atoms with Gasteiger partial charge in [-0.05, 0) is 40.8 Å². The molecule has 2 atom stereocenters. The monoisotopic (exact) mass is 356 g/mol. The summed E-state index contributed by atoms with van der Waals surface area (Å²) < 4.78 is 23.6. The number of fused-ring (bicyclic) bond motifs is 3. The van der Waals surface area contributed by atoms with Crippen molar-refractivity contribution in [1.29, 1.82) is 0 Å². The van der Waals surface area contributed by atoms with E-state index in [-0.39, 0.29) is 10.8 Å².